The molecule has 1 aromatic carbocycles. The molecule has 6 heteroatoms. The molecule has 20 heavy (non-hydrogen) atoms. The molecule has 0 radical (unpaired) electrons. The highest BCUT2D eigenvalue weighted by Gasteiger charge is 2.05. The molecule has 1 amide bonds. The van der Waals surface area contributed by atoms with Gasteiger partial charge >= 0.3 is 6.09 Å². The fourth-order valence-electron chi connectivity index (χ4n) is 1.60. The molecular formula is C14H22N2O4. The fraction of sp³-hybridized carbons (Fsp3) is 0.500. The Morgan fingerprint density at radius 3 is 3.00 bits per heavy atom. The van der Waals surface area contributed by atoms with E-state index in [1.807, 2.05) is 24.3 Å². The smallest absolute Gasteiger partial charge is 0.404 e. The number of nitrogens with two attached hydrogens (primary N) is 1. The summed E-state index contributed by atoms with van der Waals surface area (Å²) in [4.78, 5) is 10.3. The zero-order chi connectivity index (χ0) is 14.8. The number of aliphatic hydroxyl groups is 1. The second kappa shape index (κ2) is 9.17. The fourth-order valence-corrected chi connectivity index (χ4v) is 1.60. The molecule has 0 saturated heterocycles. The summed E-state index contributed by atoms with van der Waals surface area (Å²) in [6.45, 7) is 3.26. The van der Waals surface area contributed by atoms with Crippen LogP contribution in [0.2, 0.25) is 0 Å². The zero-order valence-electron chi connectivity index (χ0n) is 11.7. The van der Waals surface area contributed by atoms with Crippen molar-refractivity contribution in [3.05, 3.63) is 29.8 Å². The van der Waals surface area contributed by atoms with Gasteiger partial charge in [-0.25, -0.2) is 4.79 Å². The van der Waals surface area contributed by atoms with Crippen LogP contribution in [0.5, 0.6) is 5.75 Å². The van der Waals surface area contributed by atoms with Gasteiger partial charge in [-0.15, -0.1) is 0 Å². The van der Waals surface area contributed by atoms with Crippen molar-refractivity contribution < 1.29 is 19.4 Å². The molecule has 0 heterocycles. The third kappa shape index (κ3) is 6.96. The Morgan fingerprint density at radius 1 is 1.50 bits per heavy atom. The van der Waals surface area contributed by atoms with Crippen LogP contribution >= 0.6 is 0 Å². The predicted octanol–water partition coefficient (Wildman–Crippen LogP) is 0.674. The Kier molecular flexibility index (Phi) is 7.46. The average molecular weight is 282 g/mol. The Hall–Kier alpha value is -1.79. The number of amides is 1. The van der Waals surface area contributed by atoms with Crippen LogP contribution < -0.4 is 15.8 Å². The minimum absolute atomic E-state index is 0.182. The molecule has 1 atom stereocenters. The Morgan fingerprint density at radius 2 is 2.30 bits per heavy atom. The molecule has 0 bridgehead atoms. The van der Waals surface area contributed by atoms with Crippen LogP contribution in [0.4, 0.5) is 4.79 Å². The van der Waals surface area contributed by atoms with Crippen molar-refractivity contribution >= 4 is 6.09 Å². The lowest BCUT2D eigenvalue weighted by molar-refractivity contribution is 0.104. The third-order valence-electron chi connectivity index (χ3n) is 2.65. The number of hydrogen-bond donors (Lipinski definition) is 3. The number of carbonyl (C=O) groups is 1. The van der Waals surface area contributed by atoms with Crippen LogP contribution in [0.3, 0.4) is 0 Å². The van der Waals surface area contributed by atoms with E-state index in [0.29, 0.717) is 13.1 Å². The topological polar surface area (TPSA) is 93.8 Å². The van der Waals surface area contributed by atoms with Gasteiger partial charge in [-0.3, -0.25) is 0 Å². The summed E-state index contributed by atoms with van der Waals surface area (Å²) in [5.41, 5.74) is 6.01. The van der Waals surface area contributed by atoms with E-state index < -0.39 is 12.2 Å². The molecule has 4 N–H and O–H groups in total. The van der Waals surface area contributed by atoms with E-state index in [1.165, 1.54) is 5.56 Å². The number of aryl methyl sites for hydroxylation is 1. The molecular weight excluding hydrogens is 260 g/mol. The zero-order valence-corrected chi connectivity index (χ0v) is 11.7. The van der Waals surface area contributed by atoms with Gasteiger partial charge in [0.2, 0.25) is 0 Å². The number of rotatable bonds is 9. The highest BCUT2D eigenvalue weighted by Crippen LogP contribution is 2.13. The van der Waals surface area contributed by atoms with E-state index in [4.69, 9.17) is 10.5 Å². The summed E-state index contributed by atoms with van der Waals surface area (Å²) in [7, 11) is 0. The Bertz CT molecular complexity index is 412. The van der Waals surface area contributed by atoms with Gasteiger partial charge in [0.15, 0.2) is 0 Å². The maximum absolute atomic E-state index is 10.3. The third-order valence-corrected chi connectivity index (χ3v) is 2.65. The number of carbonyl (C=O) groups excluding carboxylic acids is 1. The number of aliphatic hydroxyl groups excluding tert-OH is 1. The quantitative estimate of drug-likeness (QED) is 0.579. The van der Waals surface area contributed by atoms with Crippen molar-refractivity contribution in [3.63, 3.8) is 0 Å². The number of ether oxygens (including phenoxy) is 2. The Labute approximate surface area is 118 Å². The van der Waals surface area contributed by atoms with Gasteiger partial charge in [-0.05, 0) is 24.1 Å². The van der Waals surface area contributed by atoms with Gasteiger partial charge in [0.25, 0.3) is 0 Å². The molecule has 0 fully saturated rings. The Balaban J connectivity index is 2.15. The first-order valence-electron chi connectivity index (χ1n) is 6.64. The van der Waals surface area contributed by atoms with Gasteiger partial charge in [0.05, 0.1) is 0 Å². The molecule has 1 unspecified atom stereocenters. The highest BCUT2D eigenvalue weighted by molar-refractivity contribution is 5.64. The SMILES string of the molecule is CCc1cccc(OCC(O)CNCCOC(N)=O)c1. The monoisotopic (exact) mass is 282 g/mol. The lowest BCUT2D eigenvalue weighted by atomic mass is 10.2. The summed E-state index contributed by atoms with van der Waals surface area (Å²) in [5, 5.41) is 12.7. The lowest BCUT2D eigenvalue weighted by Gasteiger charge is -2.13. The summed E-state index contributed by atoms with van der Waals surface area (Å²) in [6.07, 6.45) is -0.485. The first kappa shape index (κ1) is 16.3. The van der Waals surface area contributed by atoms with E-state index in [1.54, 1.807) is 0 Å². The van der Waals surface area contributed by atoms with Crippen LogP contribution in [0.1, 0.15) is 12.5 Å². The maximum Gasteiger partial charge on any atom is 0.404 e. The molecule has 0 aliphatic heterocycles. The van der Waals surface area contributed by atoms with Gasteiger partial charge in [-0.2, -0.15) is 0 Å². The van der Waals surface area contributed by atoms with Crippen molar-refractivity contribution in [2.45, 2.75) is 19.4 Å². The largest absolute Gasteiger partial charge is 0.491 e. The van der Waals surface area contributed by atoms with Crippen LogP contribution in [-0.2, 0) is 11.2 Å². The van der Waals surface area contributed by atoms with Crippen molar-refractivity contribution in [2.24, 2.45) is 5.73 Å². The molecule has 0 aromatic heterocycles. The van der Waals surface area contributed by atoms with Gasteiger partial charge in [0, 0.05) is 13.1 Å². The van der Waals surface area contributed by atoms with Gasteiger partial charge < -0.3 is 25.6 Å². The minimum Gasteiger partial charge on any atom is -0.491 e. The molecule has 0 spiro atoms. The minimum atomic E-state index is -0.800. The van der Waals surface area contributed by atoms with Gasteiger partial charge in [-0.1, -0.05) is 19.1 Å². The highest BCUT2D eigenvalue weighted by atomic mass is 16.5. The van der Waals surface area contributed by atoms with Crippen molar-refractivity contribution in [2.75, 3.05) is 26.3 Å². The maximum atomic E-state index is 10.3. The second-order valence-electron chi connectivity index (χ2n) is 4.34. The lowest BCUT2D eigenvalue weighted by Crippen LogP contribution is -2.33. The normalized spacial score (nSPS) is 11.9. The number of nitrogens with one attached hydrogen (secondary N) is 1. The summed E-state index contributed by atoms with van der Waals surface area (Å²) in [6, 6.07) is 7.78. The molecule has 0 aliphatic carbocycles. The van der Waals surface area contributed by atoms with Gasteiger partial charge in [0.1, 0.15) is 25.1 Å². The van der Waals surface area contributed by atoms with E-state index >= 15 is 0 Å². The number of benzene rings is 1. The number of primary amides is 1. The molecule has 0 saturated carbocycles. The van der Waals surface area contributed by atoms with Crippen molar-refractivity contribution in [3.8, 4) is 5.75 Å². The van der Waals surface area contributed by atoms with Crippen molar-refractivity contribution in [1.29, 1.82) is 0 Å². The van der Waals surface area contributed by atoms with Crippen LogP contribution in [0.15, 0.2) is 24.3 Å². The van der Waals surface area contributed by atoms with E-state index in [2.05, 4.69) is 17.0 Å². The van der Waals surface area contributed by atoms with Crippen LogP contribution in [0, 0.1) is 0 Å². The van der Waals surface area contributed by atoms with Crippen LogP contribution in [-0.4, -0.2) is 43.6 Å². The van der Waals surface area contributed by atoms with E-state index in [0.717, 1.165) is 12.2 Å². The molecule has 6 nitrogen and oxygen atoms in total. The predicted molar refractivity (Wildman–Crippen MR) is 75.7 cm³/mol. The summed E-state index contributed by atoms with van der Waals surface area (Å²) in [5.74, 6) is 0.750. The van der Waals surface area contributed by atoms with E-state index in [-0.39, 0.29) is 13.2 Å². The van der Waals surface area contributed by atoms with Crippen LogP contribution in [0.25, 0.3) is 0 Å². The molecule has 0 aliphatic rings. The average Bonchev–Trinajstić information content (AvgIpc) is 2.44. The molecule has 1 rings (SSSR count). The van der Waals surface area contributed by atoms with E-state index in [9.17, 15) is 9.90 Å². The first-order valence-corrected chi connectivity index (χ1v) is 6.64. The second-order valence-corrected chi connectivity index (χ2v) is 4.34. The first-order chi connectivity index (χ1) is 9.61. The molecule has 112 valence electrons. The standard InChI is InChI=1S/C14H22N2O4/c1-2-11-4-3-5-13(8-11)20-10-12(17)9-16-6-7-19-14(15)18/h3-5,8,12,16-17H,2,6-7,9-10H2,1H3,(H2,15,18). The summed E-state index contributed by atoms with van der Waals surface area (Å²) >= 11 is 0. The number of hydrogen-bond acceptors (Lipinski definition) is 5. The summed E-state index contributed by atoms with van der Waals surface area (Å²) < 4.78 is 10.1. The van der Waals surface area contributed by atoms with Crippen molar-refractivity contribution in [1.82, 2.24) is 5.32 Å². The molecule has 1 aromatic rings.